The summed E-state index contributed by atoms with van der Waals surface area (Å²) in [5, 5.41) is 20.0. The summed E-state index contributed by atoms with van der Waals surface area (Å²) in [6.45, 7) is -0.299. The number of carboxylic acid groups (broad SMARTS) is 2. The standard InChI is InChI=1S/C25H19N3O6S/c1-33-16-8-6-15(7-9-16)22-23-19(3-2-4-20(23)34-13-21(29)30)28(24(22)25(31)32)12-14-5-10-17-18(11-14)27-35-26-17/h2-11H,12-13H2,1H3,(H,29,30)(H,31,32). The first kappa shape index (κ1) is 22.4. The van der Waals surface area contributed by atoms with Crippen LogP contribution >= 0.6 is 11.7 Å². The molecule has 10 heteroatoms. The summed E-state index contributed by atoms with van der Waals surface area (Å²) < 4.78 is 21.0. The fourth-order valence-electron chi connectivity index (χ4n) is 4.16. The van der Waals surface area contributed by atoms with E-state index in [4.69, 9.17) is 14.6 Å². The Labute approximate surface area is 203 Å². The van der Waals surface area contributed by atoms with Crippen LogP contribution in [0.5, 0.6) is 11.5 Å². The highest BCUT2D eigenvalue weighted by molar-refractivity contribution is 7.00. The van der Waals surface area contributed by atoms with Crippen LogP contribution in [0.3, 0.4) is 0 Å². The lowest BCUT2D eigenvalue weighted by Crippen LogP contribution is -2.10. The Kier molecular flexibility index (Phi) is 5.79. The van der Waals surface area contributed by atoms with Gasteiger partial charge in [-0.25, -0.2) is 9.59 Å². The minimum atomic E-state index is -1.13. The summed E-state index contributed by atoms with van der Waals surface area (Å²) in [6, 6.07) is 17.8. The van der Waals surface area contributed by atoms with Crippen LogP contribution in [0.15, 0.2) is 60.7 Å². The van der Waals surface area contributed by atoms with Gasteiger partial charge in [0.2, 0.25) is 0 Å². The number of aliphatic carboxylic acids is 1. The zero-order valence-electron chi connectivity index (χ0n) is 18.5. The predicted octanol–water partition coefficient (Wildman–Crippen LogP) is 4.53. The molecule has 9 nitrogen and oxygen atoms in total. The second kappa shape index (κ2) is 9.07. The minimum Gasteiger partial charge on any atom is -0.497 e. The molecule has 3 aromatic carbocycles. The van der Waals surface area contributed by atoms with E-state index in [0.717, 1.165) is 28.3 Å². The largest absolute Gasteiger partial charge is 0.497 e. The first-order valence-corrected chi connectivity index (χ1v) is 11.3. The van der Waals surface area contributed by atoms with Crippen molar-refractivity contribution in [3.8, 4) is 22.6 Å². The highest BCUT2D eigenvalue weighted by Gasteiger charge is 2.26. The van der Waals surface area contributed by atoms with E-state index in [2.05, 4.69) is 8.75 Å². The van der Waals surface area contributed by atoms with Gasteiger partial charge < -0.3 is 24.3 Å². The number of hydrogen-bond donors (Lipinski definition) is 2. The Morgan fingerprint density at radius 2 is 1.77 bits per heavy atom. The third kappa shape index (κ3) is 4.15. The van der Waals surface area contributed by atoms with Crippen molar-refractivity contribution < 1.29 is 29.3 Å². The van der Waals surface area contributed by atoms with Gasteiger partial charge in [0.15, 0.2) is 6.61 Å². The van der Waals surface area contributed by atoms with E-state index in [1.165, 1.54) is 0 Å². The number of carboxylic acids is 2. The molecule has 0 unspecified atom stereocenters. The van der Waals surface area contributed by atoms with E-state index in [9.17, 15) is 14.7 Å². The van der Waals surface area contributed by atoms with Crippen molar-refractivity contribution in [2.75, 3.05) is 13.7 Å². The summed E-state index contributed by atoms with van der Waals surface area (Å²) in [4.78, 5) is 23.8. The zero-order chi connectivity index (χ0) is 24.5. The Morgan fingerprint density at radius 1 is 1.00 bits per heavy atom. The van der Waals surface area contributed by atoms with Crippen LogP contribution in [0.2, 0.25) is 0 Å². The number of ether oxygens (including phenoxy) is 2. The summed E-state index contributed by atoms with van der Waals surface area (Å²) in [7, 11) is 1.55. The van der Waals surface area contributed by atoms with Gasteiger partial charge in [-0.2, -0.15) is 8.75 Å². The molecule has 0 atom stereocenters. The number of aromatic carboxylic acids is 1. The maximum atomic E-state index is 12.6. The lowest BCUT2D eigenvalue weighted by Gasteiger charge is -2.10. The summed E-state index contributed by atoms with van der Waals surface area (Å²) in [6.07, 6.45) is 0. The molecular formula is C25H19N3O6S. The highest BCUT2D eigenvalue weighted by Crippen LogP contribution is 2.41. The summed E-state index contributed by atoms with van der Waals surface area (Å²) in [5.74, 6) is -1.33. The van der Waals surface area contributed by atoms with Crippen LogP contribution in [0.4, 0.5) is 0 Å². The molecule has 35 heavy (non-hydrogen) atoms. The van der Waals surface area contributed by atoms with E-state index in [1.54, 1.807) is 54.1 Å². The fourth-order valence-corrected chi connectivity index (χ4v) is 4.68. The molecule has 0 aliphatic rings. The molecule has 5 rings (SSSR count). The molecule has 2 N–H and O–H groups in total. The second-order valence-corrected chi connectivity index (χ2v) is 8.29. The molecule has 2 heterocycles. The van der Waals surface area contributed by atoms with Gasteiger partial charge in [0.25, 0.3) is 0 Å². The molecule has 0 amide bonds. The Hall–Kier alpha value is -4.44. The normalized spacial score (nSPS) is 11.1. The number of aromatic nitrogens is 3. The molecule has 0 spiro atoms. The minimum absolute atomic E-state index is 0.0630. The van der Waals surface area contributed by atoms with E-state index in [0.29, 0.717) is 27.8 Å². The molecule has 0 saturated heterocycles. The highest BCUT2D eigenvalue weighted by atomic mass is 32.1. The second-order valence-electron chi connectivity index (χ2n) is 7.76. The van der Waals surface area contributed by atoms with Crippen LogP contribution in [0.25, 0.3) is 33.1 Å². The van der Waals surface area contributed by atoms with Crippen molar-refractivity contribution in [2.45, 2.75) is 6.54 Å². The Bertz CT molecular complexity index is 1570. The molecule has 176 valence electrons. The van der Waals surface area contributed by atoms with Crippen LogP contribution in [-0.2, 0) is 11.3 Å². The Balaban J connectivity index is 1.76. The van der Waals surface area contributed by atoms with Crippen molar-refractivity contribution in [1.29, 1.82) is 0 Å². The van der Waals surface area contributed by atoms with E-state index >= 15 is 0 Å². The van der Waals surface area contributed by atoms with Gasteiger partial charge in [0, 0.05) is 12.1 Å². The number of fused-ring (bicyclic) bond motifs is 2. The maximum Gasteiger partial charge on any atom is 0.353 e. The third-order valence-electron chi connectivity index (χ3n) is 5.64. The Morgan fingerprint density at radius 3 is 2.49 bits per heavy atom. The van der Waals surface area contributed by atoms with Crippen LogP contribution < -0.4 is 9.47 Å². The van der Waals surface area contributed by atoms with Crippen LogP contribution in [0.1, 0.15) is 16.1 Å². The summed E-state index contributed by atoms with van der Waals surface area (Å²) >= 11 is 1.12. The predicted molar refractivity (Wildman–Crippen MR) is 131 cm³/mol. The molecule has 0 saturated carbocycles. The van der Waals surface area contributed by atoms with Gasteiger partial charge in [-0.1, -0.05) is 24.3 Å². The molecular weight excluding hydrogens is 470 g/mol. The van der Waals surface area contributed by atoms with Crippen LogP contribution in [-0.4, -0.2) is 49.2 Å². The lowest BCUT2D eigenvalue weighted by molar-refractivity contribution is -0.139. The van der Waals surface area contributed by atoms with Gasteiger partial charge in [-0.3, -0.25) is 0 Å². The van der Waals surface area contributed by atoms with Crippen molar-refractivity contribution in [2.24, 2.45) is 0 Å². The molecule has 0 fully saturated rings. The third-order valence-corrected chi connectivity index (χ3v) is 6.20. The summed E-state index contributed by atoms with van der Waals surface area (Å²) in [5.41, 5.74) is 4.10. The monoisotopic (exact) mass is 489 g/mol. The first-order chi connectivity index (χ1) is 17.0. The van der Waals surface area contributed by atoms with E-state index < -0.39 is 18.5 Å². The number of carbonyl (C=O) groups is 2. The first-order valence-electron chi connectivity index (χ1n) is 10.5. The zero-order valence-corrected chi connectivity index (χ0v) is 19.3. The number of benzene rings is 3. The van der Waals surface area contributed by atoms with Crippen LogP contribution in [0, 0.1) is 0 Å². The number of hydrogen-bond acceptors (Lipinski definition) is 7. The molecule has 5 aromatic rings. The topological polar surface area (TPSA) is 124 Å². The van der Waals surface area contributed by atoms with Gasteiger partial charge >= 0.3 is 11.9 Å². The maximum absolute atomic E-state index is 12.6. The van der Waals surface area contributed by atoms with Crippen molar-refractivity contribution >= 4 is 45.6 Å². The van der Waals surface area contributed by atoms with Gasteiger partial charge in [0.05, 0.1) is 29.7 Å². The number of methoxy groups -OCH3 is 1. The molecule has 0 aliphatic carbocycles. The number of rotatable bonds is 8. The van der Waals surface area contributed by atoms with Crippen molar-refractivity contribution in [3.05, 3.63) is 71.9 Å². The lowest BCUT2D eigenvalue weighted by atomic mass is 10.0. The molecule has 0 aliphatic heterocycles. The van der Waals surface area contributed by atoms with E-state index in [1.807, 2.05) is 18.2 Å². The smallest absolute Gasteiger partial charge is 0.353 e. The molecule has 2 aromatic heterocycles. The average Bonchev–Trinajstić information content (AvgIpc) is 3.45. The quantitative estimate of drug-likeness (QED) is 0.326. The van der Waals surface area contributed by atoms with Crippen molar-refractivity contribution in [3.63, 3.8) is 0 Å². The van der Waals surface area contributed by atoms with Gasteiger partial charge in [0.1, 0.15) is 28.2 Å². The fraction of sp³-hybridized carbons (Fsp3) is 0.120. The number of nitrogens with zero attached hydrogens (tertiary/aromatic N) is 3. The average molecular weight is 490 g/mol. The van der Waals surface area contributed by atoms with Gasteiger partial charge in [-0.15, -0.1) is 0 Å². The van der Waals surface area contributed by atoms with E-state index in [-0.39, 0.29) is 18.0 Å². The van der Waals surface area contributed by atoms with Gasteiger partial charge in [-0.05, 0) is 47.5 Å². The SMILES string of the molecule is COc1ccc(-c2c(C(=O)O)n(Cc3ccc4nsnc4c3)c3cccc(OCC(=O)O)c23)cc1. The molecule has 0 bridgehead atoms. The molecule has 0 radical (unpaired) electrons. The van der Waals surface area contributed by atoms with Crippen molar-refractivity contribution in [1.82, 2.24) is 13.3 Å².